The molecule has 1 amide bonds. The summed E-state index contributed by atoms with van der Waals surface area (Å²) < 4.78 is 47.7. The van der Waals surface area contributed by atoms with E-state index >= 15 is 0 Å². The summed E-state index contributed by atoms with van der Waals surface area (Å²) in [4.78, 5) is 12.3. The zero-order valence-corrected chi connectivity index (χ0v) is 17.7. The summed E-state index contributed by atoms with van der Waals surface area (Å²) >= 11 is 0. The summed E-state index contributed by atoms with van der Waals surface area (Å²) in [7, 11) is -4.17. The number of hydrogen-bond acceptors (Lipinski definition) is 4. The first-order valence-electron chi connectivity index (χ1n) is 9.85. The zero-order valence-electron chi connectivity index (χ0n) is 16.8. The lowest BCUT2D eigenvalue weighted by molar-refractivity contribution is 0.102. The maximum absolute atomic E-state index is 14.6. The third kappa shape index (κ3) is 3.98. The van der Waals surface area contributed by atoms with E-state index in [0.717, 1.165) is 17.7 Å². The fourth-order valence-corrected chi connectivity index (χ4v) is 5.16. The summed E-state index contributed by atoms with van der Waals surface area (Å²) in [6, 6.07) is 17.3. The van der Waals surface area contributed by atoms with Crippen LogP contribution in [0.5, 0.6) is 5.75 Å². The van der Waals surface area contributed by atoms with Gasteiger partial charge in [-0.2, -0.15) is 0 Å². The summed E-state index contributed by atoms with van der Waals surface area (Å²) in [6.45, 7) is 2.47. The Hall–Kier alpha value is -3.39. The molecule has 6 nitrogen and oxygen atoms in total. The Bertz CT molecular complexity index is 1240. The Morgan fingerprint density at radius 2 is 1.84 bits per heavy atom. The van der Waals surface area contributed by atoms with E-state index in [1.165, 1.54) is 10.4 Å². The van der Waals surface area contributed by atoms with Crippen LogP contribution in [0.15, 0.2) is 71.6 Å². The molecule has 3 aromatic rings. The average molecular weight is 440 g/mol. The monoisotopic (exact) mass is 440 g/mol. The molecule has 3 aromatic carbocycles. The summed E-state index contributed by atoms with van der Waals surface area (Å²) in [5.41, 5.74) is 1.88. The minimum atomic E-state index is -4.17. The van der Waals surface area contributed by atoms with Crippen molar-refractivity contribution in [1.82, 2.24) is 0 Å². The highest BCUT2D eigenvalue weighted by atomic mass is 32.2. The molecule has 0 spiro atoms. The van der Waals surface area contributed by atoms with E-state index in [-0.39, 0.29) is 12.1 Å². The van der Waals surface area contributed by atoms with Crippen molar-refractivity contribution >= 4 is 27.3 Å². The Balaban J connectivity index is 1.66. The van der Waals surface area contributed by atoms with Gasteiger partial charge in [-0.25, -0.2) is 12.8 Å². The van der Waals surface area contributed by atoms with Crippen molar-refractivity contribution in [2.45, 2.75) is 18.2 Å². The van der Waals surface area contributed by atoms with E-state index in [1.54, 1.807) is 36.4 Å². The van der Waals surface area contributed by atoms with Crippen molar-refractivity contribution in [3.8, 4) is 5.75 Å². The zero-order chi connectivity index (χ0) is 22.0. The topological polar surface area (TPSA) is 75.7 Å². The molecule has 1 N–H and O–H groups in total. The fraction of sp³-hybridized carbons (Fsp3) is 0.174. The van der Waals surface area contributed by atoms with Crippen LogP contribution in [0.2, 0.25) is 0 Å². The van der Waals surface area contributed by atoms with Crippen LogP contribution in [0.1, 0.15) is 22.8 Å². The molecule has 1 aliphatic heterocycles. The van der Waals surface area contributed by atoms with E-state index in [9.17, 15) is 17.6 Å². The Morgan fingerprint density at radius 3 is 2.65 bits per heavy atom. The van der Waals surface area contributed by atoms with Gasteiger partial charge in [0.25, 0.3) is 15.9 Å². The van der Waals surface area contributed by atoms with Crippen LogP contribution >= 0.6 is 0 Å². The molecule has 0 saturated heterocycles. The average Bonchev–Trinajstić information content (AvgIpc) is 3.20. The van der Waals surface area contributed by atoms with Crippen LogP contribution in [-0.4, -0.2) is 27.5 Å². The predicted molar refractivity (Wildman–Crippen MR) is 117 cm³/mol. The minimum absolute atomic E-state index is 0.0266. The highest BCUT2D eigenvalue weighted by Gasteiger charge is 2.33. The molecule has 0 bridgehead atoms. The van der Waals surface area contributed by atoms with Gasteiger partial charge in [0.15, 0.2) is 0 Å². The Kier molecular flexibility index (Phi) is 5.65. The molecule has 0 saturated carbocycles. The molecule has 0 aliphatic carbocycles. The number of carbonyl (C=O) groups is 1. The van der Waals surface area contributed by atoms with E-state index in [2.05, 4.69) is 5.32 Å². The molecule has 1 aliphatic rings. The summed E-state index contributed by atoms with van der Waals surface area (Å²) in [5.74, 6) is -0.983. The number of fused-ring (bicyclic) bond motifs is 1. The maximum Gasteiger partial charge on any atom is 0.267 e. The van der Waals surface area contributed by atoms with E-state index in [0.29, 0.717) is 30.2 Å². The number of halogens is 1. The van der Waals surface area contributed by atoms with Crippen molar-refractivity contribution in [3.05, 3.63) is 83.7 Å². The molecular formula is C23H21FN2O4S. The Morgan fingerprint density at radius 1 is 1.10 bits per heavy atom. The molecular weight excluding hydrogens is 419 g/mol. The number of benzene rings is 3. The molecule has 160 valence electrons. The summed E-state index contributed by atoms with van der Waals surface area (Å²) in [5, 5.41) is 2.70. The van der Waals surface area contributed by atoms with Gasteiger partial charge in [0.2, 0.25) is 0 Å². The predicted octanol–water partition coefficient (Wildman–Crippen LogP) is 4.23. The first-order chi connectivity index (χ1) is 14.9. The number of anilines is 2. The number of para-hydroxylation sites is 3. The lowest BCUT2D eigenvalue weighted by Crippen LogP contribution is -2.30. The standard InChI is InChI=1S/C23H21FN2O4S/c1-2-30-21-10-6-4-8-19(21)25-23(27)17-11-12-18(24)22(15-17)31(28,29)26-14-13-16-7-3-5-9-20(16)26/h3-12,15H,2,13-14H2,1H3,(H,25,27). The number of nitrogens with zero attached hydrogens (tertiary/aromatic N) is 1. The number of ether oxygens (including phenoxy) is 1. The third-order valence-corrected chi connectivity index (χ3v) is 6.87. The van der Waals surface area contributed by atoms with E-state index in [4.69, 9.17) is 4.74 Å². The molecule has 31 heavy (non-hydrogen) atoms. The normalized spacial score (nSPS) is 13.0. The number of nitrogens with one attached hydrogen (secondary N) is 1. The molecule has 1 heterocycles. The lowest BCUT2D eigenvalue weighted by atomic mass is 10.2. The van der Waals surface area contributed by atoms with Crippen molar-refractivity contribution in [2.75, 3.05) is 22.8 Å². The van der Waals surface area contributed by atoms with Crippen molar-refractivity contribution in [3.63, 3.8) is 0 Å². The molecule has 4 rings (SSSR count). The molecule has 8 heteroatoms. The maximum atomic E-state index is 14.6. The van der Waals surface area contributed by atoms with E-state index < -0.39 is 26.6 Å². The van der Waals surface area contributed by atoms with Crippen LogP contribution in [0.25, 0.3) is 0 Å². The first-order valence-corrected chi connectivity index (χ1v) is 11.3. The second kappa shape index (κ2) is 8.39. The largest absolute Gasteiger partial charge is 0.492 e. The quantitative estimate of drug-likeness (QED) is 0.623. The van der Waals surface area contributed by atoms with Crippen molar-refractivity contribution in [2.24, 2.45) is 0 Å². The number of rotatable bonds is 6. The van der Waals surface area contributed by atoms with Gasteiger partial charge in [-0.05, 0) is 55.3 Å². The van der Waals surface area contributed by atoms with Crippen LogP contribution < -0.4 is 14.4 Å². The second-order valence-electron chi connectivity index (χ2n) is 6.98. The van der Waals surface area contributed by atoms with Gasteiger partial charge < -0.3 is 10.1 Å². The van der Waals surface area contributed by atoms with Gasteiger partial charge >= 0.3 is 0 Å². The SMILES string of the molecule is CCOc1ccccc1NC(=O)c1ccc(F)c(S(=O)(=O)N2CCc3ccccc32)c1. The first kappa shape index (κ1) is 20.9. The molecule has 0 radical (unpaired) electrons. The van der Waals surface area contributed by atoms with Gasteiger partial charge in [-0.1, -0.05) is 30.3 Å². The van der Waals surface area contributed by atoms with Gasteiger partial charge in [-0.3, -0.25) is 9.10 Å². The van der Waals surface area contributed by atoms with Gasteiger partial charge in [0.05, 0.1) is 18.0 Å². The van der Waals surface area contributed by atoms with Crippen LogP contribution in [0.3, 0.4) is 0 Å². The van der Waals surface area contributed by atoms with Crippen LogP contribution in [-0.2, 0) is 16.4 Å². The van der Waals surface area contributed by atoms with Crippen molar-refractivity contribution < 1.29 is 22.3 Å². The second-order valence-corrected chi connectivity index (χ2v) is 8.82. The smallest absolute Gasteiger partial charge is 0.267 e. The van der Waals surface area contributed by atoms with Gasteiger partial charge in [0, 0.05) is 12.1 Å². The van der Waals surface area contributed by atoms with Gasteiger partial charge in [0.1, 0.15) is 16.5 Å². The lowest BCUT2D eigenvalue weighted by Gasteiger charge is -2.20. The summed E-state index contributed by atoms with van der Waals surface area (Å²) in [6.07, 6.45) is 0.547. The van der Waals surface area contributed by atoms with Gasteiger partial charge in [-0.15, -0.1) is 0 Å². The molecule has 0 unspecified atom stereocenters. The minimum Gasteiger partial charge on any atom is -0.492 e. The van der Waals surface area contributed by atoms with E-state index in [1.807, 2.05) is 19.1 Å². The fourth-order valence-electron chi connectivity index (χ4n) is 3.56. The highest BCUT2D eigenvalue weighted by Crippen LogP contribution is 2.34. The number of sulfonamides is 1. The number of carbonyl (C=O) groups excluding carboxylic acids is 1. The Labute approximate surface area is 180 Å². The highest BCUT2D eigenvalue weighted by molar-refractivity contribution is 7.92. The van der Waals surface area contributed by atoms with Crippen molar-refractivity contribution in [1.29, 1.82) is 0 Å². The molecule has 0 fully saturated rings. The number of amides is 1. The number of hydrogen-bond donors (Lipinski definition) is 1. The van der Waals surface area contributed by atoms with Crippen LogP contribution in [0, 0.1) is 5.82 Å². The molecule has 0 atom stereocenters. The third-order valence-electron chi connectivity index (χ3n) is 5.04. The van der Waals surface area contributed by atoms with Crippen LogP contribution in [0.4, 0.5) is 15.8 Å². The molecule has 0 aromatic heterocycles.